The van der Waals surface area contributed by atoms with Gasteiger partial charge < -0.3 is 11.1 Å². The minimum Gasteiger partial charge on any atom is -0.348 e. The summed E-state index contributed by atoms with van der Waals surface area (Å²) >= 11 is 0. The highest BCUT2D eigenvalue weighted by atomic mass is 19.1. The summed E-state index contributed by atoms with van der Waals surface area (Å²) in [5.41, 5.74) is 7.18. The van der Waals surface area contributed by atoms with Gasteiger partial charge in [-0.3, -0.25) is 4.79 Å². The lowest BCUT2D eigenvalue weighted by Gasteiger charge is -2.32. The van der Waals surface area contributed by atoms with Crippen LogP contribution in [0.1, 0.15) is 37.4 Å². The molecule has 18 heavy (non-hydrogen) atoms. The minimum atomic E-state index is -0.545. The molecule has 0 heterocycles. The summed E-state index contributed by atoms with van der Waals surface area (Å²) in [4.78, 5) is 11.7. The minimum absolute atomic E-state index is 0.136. The molecule has 0 aromatic heterocycles. The highest BCUT2D eigenvalue weighted by molar-refractivity contribution is 5.81. The van der Waals surface area contributed by atoms with Gasteiger partial charge in [0.25, 0.3) is 0 Å². The summed E-state index contributed by atoms with van der Waals surface area (Å²) in [5.74, 6) is -0.0783. The van der Waals surface area contributed by atoms with Gasteiger partial charge in [0.05, 0.1) is 12.1 Å². The summed E-state index contributed by atoms with van der Waals surface area (Å²) in [6.07, 6.45) is 1.60. The van der Waals surface area contributed by atoms with E-state index in [0.29, 0.717) is 5.92 Å². The first kappa shape index (κ1) is 13.0. The first-order chi connectivity index (χ1) is 8.50. The molecule has 1 aliphatic carbocycles. The molecule has 3 N–H and O–H groups in total. The third-order valence-corrected chi connectivity index (χ3v) is 3.62. The van der Waals surface area contributed by atoms with Crippen molar-refractivity contribution in [3.8, 4) is 0 Å². The molecule has 0 aliphatic heterocycles. The normalized spacial score (nSPS) is 24.2. The summed E-state index contributed by atoms with van der Waals surface area (Å²) in [5, 5.41) is 2.92. The number of nitrogens with two attached hydrogens (primary N) is 1. The molecular formula is C14H19FN2O. The van der Waals surface area contributed by atoms with Crippen LogP contribution >= 0.6 is 0 Å². The second-order valence-electron chi connectivity index (χ2n) is 5.10. The number of hydrogen-bond donors (Lipinski definition) is 2. The first-order valence-electron chi connectivity index (χ1n) is 6.34. The van der Waals surface area contributed by atoms with Gasteiger partial charge in [-0.15, -0.1) is 0 Å². The van der Waals surface area contributed by atoms with Crippen LogP contribution in [-0.4, -0.2) is 11.9 Å². The van der Waals surface area contributed by atoms with Gasteiger partial charge >= 0.3 is 0 Å². The maximum Gasteiger partial charge on any atom is 0.237 e. The van der Waals surface area contributed by atoms with Crippen molar-refractivity contribution in [1.82, 2.24) is 5.32 Å². The highest BCUT2D eigenvalue weighted by Crippen LogP contribution is 2.35. The molecule has 2 rings (SSSR count). The zero-order chi connectivity index (χ0) is 13.3. The first-order valence-corrected chi connectivity index (χ1v) is 6.34. The molecule has 0 spiro atoms. The average molecular weight is 250 g/mol. The quantitative estimate of drug-likeness (QED) is 0.842. The Morgan fingerprint density at radius 1 is 1.56 bits per heavy atom. The highest BCUT2D eigenvalue weighted by Gasteiger charge is 2.29. The molecular weight excluding hydrogens is 231 g/mol. The smallest absolute Gasteiger partial charge is 0.237 e. The standard InChI is InChI=1S/C14H19FN2O/c1-8-6-7-10-11(4-3-5-12(10)15)13(8)17-14(18)9(2)16/h3-5,8-9,13H,6-7,16H2,1-2H3,(H,17,18)/t8?,9-,13?/m0/s1. The van der Waals surface area contributed by atoms with Crippen LogP contribution in [-0.2, 0) is 11.2 Å². The fourth-order valence-electron chi connectivity index (χ4n) is 2.48. The van der Waals surface area contributed by atoms with Crippen LogP contribution in [0.5, 0.6) is 0 Å². The summed E-state index contributed by atoms with van der Waals surface area (Å²) in [7, 11) is 0. The molecule has 1 aromatic rings. The van der Waals surface area contributed by atoms with E-state index in [2.05, 4.69) is 12.2 Å². The summed E-state index contributed by atoms with van der Waals surface area (Å²) < 4.78 is 13.7. The van der Waals surface area contributed by atoms with E-state index in [-0.39, 0.29) is 17.8 Å². The van der Waals surface area contributed by atoms with Crippen molar-refractivity contribution in [2.45, 2.75) is 38.8 Å². The lowest BCUT2D eigenvalue weighted by atomic mass is 9.80. The zero-order valence-corrected chi connectivity index (χ0v) is 10.7. The topological polar surface area (TPSA) is 55.1 Å². The Morgan fingerprint density at radius 3 is 2.94 bits per heavy atom. The molecule has 3 nitrogen and oxygen atoms in total. The molecule has 3 atom stereocenters. The van der Waals surface area contributed by atoms with E-state index in [0.717, 1.165) is 24.0 Å². The molecule has 4 heteroatoms. The summed E-state index contributed by atoms with van der Waals surface area (Å²) in [6, 6.07) is 4.37. The molecule has 0 saturated heterocycles. The molecule has 1 aromatic carbocycles. The van der Waals surface area contributed by atoms with Gasteiger partial charge in [0.2, 0.25) is 5.91 Å². The number of rotatable bonds is 2. The van der Waals surface area contributed by atoms with E-state index in [1.807, 2.05) is 6.07 Å². The van der Waals surface area contributed by atoms with Gasteiger partial charge in [-0.1, -0.05) is 19.1 Å². The van der Waals surface area contributed by atoms with Crippen molar-refractivity contribution in [3.05, 3.63) is 35.1 Å². The largest absolute Gasteiger partial charge is 0.348 e. The number of carbonyl (C=O) groups excluding carboxylic acids is 1. The van der Waals surface area contributed by atoms with E-state index in [1.54, 1.807) is 13.0 Å². The van der Waals surface area contributed by atoms with Crippen molar-refractivity contribution in [2.75, 3.05) is 0 Å². The van der Waals surface area contributed by atoms with Gasteiger partial charge in [0.15, 0.2) is 0 Å². The van der Waals surface area contributed by atoms with Crippen molar-refractivity contribution in [1.29, 1.82) is 0 Å². The van der Waals surface area contributed by atoms with Crippen LogP contribution in [0, 0.1) is 11.7 Å². The van der Waals surface area contributed by atoms with Gasteiger partial charge in [0.1, 0.15) is 5.82 Å². The fourth-order valence-corrected chi connectivity index (χ4v) is 2.48. The van der Waals surface area contributed by atoms with E-state index in [4.69, 9.17) is 5.73 Å². The van der Waals surface area contributed by atoms with Crippen molar-refractivity contribution < 1.29 is 9.18 Å². The maximum absolute atomic E-state index is 13.7. The Balaban J connectivity index is 2.31. The van der Waals surface area contributed by atoms with E-state index < -0.39 is 6.04 Å². The van der Waals surface area contributed by atoms with Crippen molar-refractivity contribution >= 4 is 5.91 Å². The Bertz CT molecular complexity index is 459. The van der Waals surface area contributed by atoms with Crippen LogP contribution in [0.25, 0.3) is 0 Å². The molecule has 98 valence electrons. The third-order valence-electron chi connectivity index (χ3n) is 3.62. The Kier molecular flexibility index (Phi) is 3.66. The fraction of sp³-hybridized carbons (Fsp3) is 0.500. The van der Waals surface area contributed by atoms with E-state index in [1.165, 1.54) is 6.07 Å². The van der Waals surface area contributed by atoms with Gasteiger partial charge in [0, 0.05) is 0 Å². The number of fused-ring (bicyclic) bond motifs is 1. The number of nitrogens with one attached hydrogen (secondary N) is 1. The molecule has 0 fully saturated rings. The number of benzene rings is 1. The van der Waals surface area contributed by atoms with Gasteiger partial charge in [-0.05, 0) is 42.9 Å². The van der Waals surface area contributed by atoms with Gasteiger partial charge in [-0.2, -0.15) is 0 Å². The number of carbonyl (C=O) groups is 1. The maximum atomic E-state index is 13.7. The summed E-state index contributed by atoms with van der Waals surface area (Å²) in [6.45, 7) is 3.72. The van der Waals surface area contributed by atoms with Crippen LogP contribution in [0.2, 0.25) is 0 Å². The van der Waals surface area contributed by atoms with Crippen molar-refractivity contribution in [2.24, 2.45) is 11.7 Å². The molecule has 2 unspecified atom stereocenters. The second-order valence-corrected chi connectivity index (χ2v) is 5.10. The second kappa shape index (κ2) is 5.06. The van der Waals surface area contributed by atoms with Crippen LogP contribution < -0.4 is 11.1 Å². The van der Waals surface area contributed by atoms with Crippen molar-refractivity contribution in [3.63, 3.8) is 0 Å². The Morgan fingerprint density at radius 2 is 2.28 bits per heavy atom. The average Bonchev–Trinajstić information content (AvgIpc) is 2.32. The van der Waals surface area contributed by atoms with Crippen LogP contribution in [0.3, 0.4) is 0 Å². The van der Waals surface area contributed by atoms with E-state index in [9.17, 15) is 9.18 Å². The molecule has 1 amide bonds. The predicted molar refractivity (Wildman–Crippen MR) is 68.4 cm³/mol. The molecule has 0 radical (unpaired) electrons. The number of halogens is 1. The van der Waals surface area contributed by atoms with Crippen LogP contribution in [0.4, 0.5) is 4.39 Å². The zero-order valence-electron chi connectivity index (χ0n) is 10.7. The monoisotopic (exact) mass is 250 g/mol. The molecule has 0 saturated carbocycles. The number of hydrogen-bond acceptors (Lipinski definition) is 2. The SMILES string of the molecule is CC1CCc2c(F)cccc2C1NC(=O)[C@H](C)N. The van der Waals surface area contributed by atoms with Crippen LogP contribution in [0.15, 0.2) is 18.2 Å². The lowest BCUT2D eigenvalue weighted by Crippen LogP contribution is -2.43. The molecule has 0 bridgehead atoms. The number of amides is 1. The van der Waals surface area contributed by atoms with E-state index >= 15 is 0 Å². The third kappa shape index (κ3) is 2.38. The lowest BCUT2D eigenvalue weighted by molar-refractivity contribution is -0.123. The predicted octanol–water partition coefficient (Wildman–Crippen LogP) is 1.91. The van der Waals surface area contributed by atoms with Gasteiger partial charge in [-0.25, -0.2) is 4.39 Å². The Labute approximate surface area is 107 Å². The Hall–Kier alpha value is -1.42. The molecule has 1 aliphatic rings.